The number of nitrogens with zero attached hydrogens (tertiary/aromatic N) is 6. The standard InChI is InChI=1S/C45H45F3N6O7/c1-6-29-31(47)10-8-25-15-28(60-43(55)58-22(2)3)16-30(35(25)29)38-37(48)39-36-32(49-38)14-23(4)40-33-11-9-27(53(33)20-34-24(5)59-44(56)61-34)19-54(40)41(36)51-42(50-39)57-21-45-12-7-13-52(45)18-26(46)17-45/h1,8,10,15-16,22-23,26-27,33,40H,7,9,11-14,17-21H2,2-5H3/t23-,26+,27+,33-,40-,45-/m0/s1. The molecule has 16 heteroatoms. The minimum Gasteiger partial charge on any atom is -0.461 e. The summed E-state index contributed by atoms with van der Waals surface area (Å²) in [5, 5.41) is 1.01. The third-order valence-corrected chi connectivity index (χ3v) is 13.4. The molecular weight excluding hydrogens is 794 g/mol. The molecule has 13 nitrogen and oxygen atoms in total. The minimum atomic E-state index is -0.979. The van der Waals surface area contributed by atoms with Gasteiger partial charge in [-0.3, -0.25) is 9.80 Å². The molecule has 0 radical (unpaired) electrons. The fourth-order valence-corrected chi connectivity index (χ4v) is 10.9. The lowest BCUT2D eigenvalue weighted by molar-refractivity contribution is 0.0729. The van der Waals surface area contributed by atoms with Crippen LogP contribution < -0.4 is 20.2 Å². The van der Waals surface area contributed by atoms with Crippen LogP contribution in [0, 0.1) is 36.8 Å². The Bertz CT molecular complexity index is 2720. The van der Waals surface area contributed by atoms with E-state index >= 15 is 8.78 Å². The van der Waals surface area contributed by atoms with Crippen molar-refractivity contribution in [3.05, 3.63) is 69.3 Å². The maximum Gasteiger partial charge on any atom is 0.519 e. The first-order chi connectivity index (χ1) is 29.3. The highest BCUT2D eigenvalue weighted by Crippen LogP contribution is 2.48. The van der Waals surface area contributed by atoms with Crippen LogP contribution in [0.3, 0.4) is 0 Å². The van der Waals surface area contributed by atoms with E-state index in [2.05, 4.69) is 27.5 Å². The summed E-state index contributed by atoms with van der Waals surface area (Å²) in [7, 11) is 0. The van der Waals surface area contributed by atoms with Crippen LogP contribution in [0.15, 0.2) is 37.9 Å². The van der Waals surface area contributed by atoms with Gasteiger partial charge in [-0.05, 0) is 88.9 Å². The van der Waals surface area contributed by atoms with Crippen molar-refractivity contribution < 1.29 is 41.0 Å². The number of rotatable bonds is 8. The van der Waals surface area contributed by atoms with Crippen LogP contribution in [0.1, 0.15) is 75.7 Å². The number of ether oxygens (including phenoxy) is 3. The number of pyridine rings is 1. The van der Waals surface area contributed by atoms with Crippen molar-refractivity contribution in [3.8, 4) is 35.4 Å². The molecule has 5 aliphatic rings. The average Bonchev–Trinajstić information content (AvgIpc) is 3.90. The summed E-state index contributed by atoms with van der Waals surface area (Å²) in [4.78, 5) is 46.4. The topological polar surface area (TPSA) is 136 Å². The molecule has 5 aromatic rings. The van der Waals surface area contributed by atoms with E-state index in [9.17, 15) is 14.0 Å². The number of piperazine rings is 1. The van der Waals surface area contributed by atoms with Crippen LogP contribution in [-0.4, -0.2) is 93.1 Å². The maximum absolute atomic E-state index is 17.8. The van der Waals surface area contributed by atoms with Gasteiger partial charge in [-0.2, -0.15) is 9.97 Å². The molecule has 0 unspecified atom stereocenters. The number of aromatic nitrogens is 3. The Morgan fingerprint density at radius 1 is 1.11 bits per heavy atom. The Morgan fingerprint density at radius 3 is 2.72 bits per heavy atom. The second kappa shape index (κ2) is 14.8. The number of carbonyl (C=O) groups excluding carboxylic acids is 1. The number of hydrogen-bond acceptors (Lipinski definition) is 13. The lowest BCUT2D eigenvalue weighted by Crippen LogP contribution is -2.61. The molecule has 2 bridgehead atoms. The van der Waals surface area contributed by atoms with E-state index < -0.39 is 41.4 Å². The lowest BCUT2D eigenvalue weighted by Gasteiger charge is -2.49. The molecule has 0 saturated carbocycles. The number of carbonyl (C=O) groups is 1. The van der Waals surface area contributed by atoms with Crippen molar-refractivity contribution in [3.63, 3.8) is 0 Å². The van der Waals surface area contributed by atoms with Gasteiger partial charge < -0.3 is 27.9 Å². The molecule has 6 atom stereocenters. The van der Waals surface area contributed by atoms with Gasteiger partial charge in [0.2, 0.25) is 0 Å². The maximum atomic E-state index is 17.8. The highest BCUT2D eigenvalue weighted by molar-refractivity contribution is 6.04. The first-order valence-corrected chi connectivity index (χ1v) is 21.0. The van der Waals surface area contributed by atoms with Crippen LogP contribution in [0.4, 0.5) is 23.8 Å². The van der Waals surface area contributed by atoms with Crippen molar-refractivity contribution in [1.82, 2.24) is 24.8 Å². The Hall–Kier alpha value is -5.66. The highest BCUT2D eigenvalue weighted by atomic mass is 19.1. The average molecular weight is 839 g/mol. The van der Waals surface area contributed by atoms with Crippen molar-refractivity contribution in [2.24, 2.45) is 5.92 Å². The van der Waals surface area contributed by atoms with Gasteiger partial charge in [0.05, 0.1) is 34.8 Å². The first-order valence-electron chi connectivity index (χ1n) is 21.0. The fraction of sp³-hybridized carbons (Fsp3) is 0.489. The van der Waals surface area contributed by atoms with Crippen molar-refractivity contribution in [1.29, 1.82) is 0 Å². The Labute approximate surface area is 349 Å². The van der Waals surface area contributed by atoms with E-state index in [1.165, 1.54) is 24.3 Å². The molecule has 61 heavy (non-hydrogen) atoms. The van der Waals surface area contributed by atoms with E-state index in [4.69, 9.17) is 44.4 Å². The number of benzene rings is 2. The van der Waals surface area contributed by atoms with Gasteiger partial charge in [0, 0.05) is 48.6 Å². The molecule has 318 valence electrons. The first kappa shape index (κ1) is 39.5. The lowest BCUT2D eigenvalue weighted by atomic mass is 9.88. The molecule has 5 aliphatic heterocycles. The van der Waals surface area contributed by atoms with Gasteiger partial charge in [0.15, 0.2) is 11.6 Å². The normalized spacial score (nSPS) is 25.8. The van der Waals surface area contributed by atoms with E-state index in [1.54, 1.807) is 20.8 Å². The van der Waals surface area contributed by atoms with E-state index in [-0.39, 0.29) is 70.1 Å². The SMILES string of the molecule is C#Cc1c(F)ccc2cc(OC(=O)OC(C)C)cc(-c3nc4c5c(nc(OC[C@@]67CCCN6C[C@H](F)C7)nc5c3F)N3C[C@H]5CC[C@@H]([C@@H]3[C@@H](C)C4)N5Cc3oc(=O)oc3C)c12. The van der Waals surface area contributed by atoms with Crippen LogP contribution in [0.5, 0.6) is 11.8 Å². The molecule has 8 heterocycles. The summed E-state index contributed by atoms with van der Waals surface area (Å²) in [5.74, 6) is 1.51. The molecule has 10 rings (SSSR count). The third kappa shape index (κ3) is 6.59. The molecule has 0 amide bonds. The fourth-order valence-electron chi connectivity index (χ4n) is 10.9. The van der Waals surface area contributed by atoms with Gasteiger partial charge in [0.1, 0.15) is 47.1 Å². The summed E-state index contributed by atoms with van der Waals surface area (Å²) in [6.45, 7) is 9.34. The zero-order chi connectivity index (χ0) is 42.5. The summed E-state index contributed by atoms with van der Waals surface area (Å²) < 4.78 is 76.1. The number of hydrogen-bond donors (Lipinski definition) is 0. The van der Waals surface area contributed by atoms with Crippen LogP contribution in [0.2, 0.25) is 0 Å². The molecule has 4 fully saturated rings. The Balaban J connectivity index is 1.14. The monoisotopic (exact) mass is 838 g/mol. The summed E-state index contributed by atoms with van der Waals surface area (Å²) in [6.07, 6.45) is 7.59. The van der Waals surface area contributed by atoms with Crippen molar-refractivity contribution in [2.75, 3.05) is 31.1 Å². The van der Waals surface area contributed by atoms with Crippen molar-refractivity contribution >= 4 is 33.6 Å². The highest BCUT2D eigenvalue weighted by Gasteiger charge is 2.52. The third-order valence-electron chi connectivity index (χ3n) is 13.4. The van der Waals surface area contributed by atoms with E-state index in [0.717, 1.165) is 32.2 Å². The number of fused-ring (bicyclic) bond motifs is 7. The minimum absolute atomic E-state index is 0.00296. The molecule has 0 spiro atoms. The summed E-state index contributed by atoms with van der Waals surface area (Å²) in [5.41, 5.74) is -0.253. The van der Waals surface area contributed by atoms with Gasteiger partial charge in [-0.25, -0.2) is 27.7 Å². The molecule has 0 N–H and O–H groups in total. The summed E-state index contributed by atoms with van der Waals surface area (Å²) in [6, 6.07) is 5.44. The smallest absolute Gasteiger partial charge is 0.461 e. The van der Waals surface area contributed by atoms with E-state index in [0.29, 0.717) is 66.3 Å². The number of terminal acetylenes is 1. The quantitative estimate of drug-likeness (QED) is 0.0883. The molecule has 3 aromatic heterocycles. The van der Waals surface area contributed by atoms with E-state index in [1.807, 2.05) is 0 Å². The second-order valence-corrected chi connectivity index (χ2v) is 17.5. The largest absolute Gasteiger partial charge is 0.519 e. The van der Waals surface area contributed by atoms with Gasteiger partial charge in [-0.1, -0.05) is 18.9 Å². The zero-order valence-electron chi connectivity index (χ0n) is 34.3. The van der Waals surface area contributed by atoms with Crippen LogP contribution in [0.25, 0.3) is 32.9 Å². The van der Waals surface area contributed by atoms with Gasteiger partial charge >= 0.3 is 18.0 Å². The van der Waals surface area contributed by atoms with Crippen LogP contribution in [-0.2, 0) is 17.7 Å². The molecule has 2 aromatic carbocycles. The number of alkyl halides is 1. The van der Waals surface area contributed by atoms with Gasteiger partial charge in [-0.15, -0.1) is 6.42 Å². The molecule has 4 saturated heterocycles. The second-order valence-electron chi connectivity index (χ2n) is 17.5. The zero-order valence-corrected chi connectivity index (χ0v) is 34.3. The van der Waals surface area contributed by atoms with Gasteiger partial charge in [0.25, 0.3) is 0 Å². The Morgan fingerprint density at radius 2 is 1.95 bits per heavy atom. The number of aryl methyl sites for hydroxylation is 1. The predicted octanol–water partition coefficient (Wildman–Crippen LogP) is 7.25. The Kier molecular flexibility index (Phi) is 9.55. The summed E-state index contributed by atoms with van der Waals surface area (Å²) >= 11 is 0. The number of anilines is 1. The number of halogens is 3. The predicted molar refractivity (Wildman–Crippen MR) is 217 cm³/mol. The molecule has 0 aliphatic carbocycles. The molecular formula is C45H45F3N6O7. The van der Waals surface area contributed by atoms with Crippen LogP contribution >= 0.6 is 0 Å². The van der Waals surface area contributed by atoms with Crippen molar-refractivity contribution in [2.45, 2.75) is 109 Å².